The van der Waals surface area contributed by atoms with Crippen LogP contribution in [0, 0.1) is 5.92 Å². The number of carbonyl (C=O) groups is 1. The predicted molar refractivity (Wildman–Crippen MR) is 105 cm³/mol. The van der Waals surface area contributed by atoms with Gasteiger partial charge in [0.2, 0.25) is 0 Å². The summed E-state index contributed by atoms with van der Waals surface area (Å²) < 4.78 is 6.51. The molecule has 3 atom stereocenters. The molecule has 0 saturated carbocycles. The van der Waals surface area contributed by atoms with E-state index in [1.165, 1.54) is 0 Å². The molecule has 0 saturated heterocycles. The first kappa shape index (κ1) is 20.7. The van der Waals surface area contributed by atoms with Gasteiger partial charge in [-0.25, -0.2) is 0 Å². The molecule has 0 heterocycles. The van der Waals surface area contributed by atoms with E-state index in [1.54, 1.807) is 0 Å². The lowest BCUT2D eigenvalue weighted by Crippen LogP contribution is -2.46. The summed E-state index contributed by atoms with van der Waals surface area (Å²) >= 11 is 0. The molecule has 1 N–H and O–H groups in total. The molecule has 0 amide bonds. The van der Waals surface area contributed by atoms with Gasteiger partial charge in [-0.15, -0.1) is 0 Å². The molecule has 1 aliphatic carbocycles. The maximum Gasteiger partial charge on any atom is 0.316 e. The molecular weight excluding hydrogens is 326 g/mol. The van der Waals surface area contributed by atoms with Crippen molar-refractivity contribution in [3.05, 3.63) is 48.0 Å². The third kappa shape index (κ3) is 5.42. The number of hydrogen-bond donors (Lipinski definition) is 1. The summed E-state index contributed by atoms with van der Waals surface area (Å²) in [7, 11) is 2.17. The standard InChI is InChI=1S/C22H34NO3/c1-4-23(3,5-2)16-17-26-22(25)20(18-12-8-6-9-13-18)21(24)19-14-10-7-11-15-19/h6-10,12-13,19-21,24H,4-5,11,14-17H2,1-3H3/q+1/t19-,20+,21-/m0/s1. The Bertz CT molecular complexity index is 580. The van der Waals surface area contributed by atoms with Crippen molar-refractivity contribution in [2.24, 2.45) is 5.92 Å². The largest absolute Gasteiger partial charge is 0.459 e. The number of nitrogens with zero attached hydrogens (tertiary/aromatic N) is 1. The lowest BCUT2D eigenvalue weighted by molar-refractivity contribution is -0.906. The molecule has 2 rings (SSSR count). The molecule has 0 spiro atoms. The van der Waals surface area contributed by atoms with Gasteiger partial charge in [0.25, 0.3) is 0 Å². The van der Waals surface area contributed by atoms with Crippen LogP contribution in [0.25, 0.3) is 0 Å². The molecule has 0 aliphatic heterocycles. The zero-order chi connectivity index (χ0) is 19.0. The van der Waals surface area contributed by atoms with E-state index in [4.69, 9.17) is 4.74 Å². The molecule has 1 aromatic rings. The number of benzene rings is 1. The molecule has 0 bridgehead atoms. The highest BCUT2D eigenvalue weighted by molar-refractivity contribution is 5.79. The van der Waals surface area contributed by atoms with Gasteiger partial charge < -0.3 is 14.3 Å². The Morgan fingerprint density at radius 2 is 1.92 bits per heavy atom. The van der Waals surface area contributed by atoms with E-state index >= 15 is 0 Å². The highest BCUT2D eigenvalue weighted by atomic mass is 16.5. The summed E-state index contributed by atoms with van der Waals surface area (Å²) in [5.74, 6) is -0.822. The number of quaternary nitrogens is 1. The number of likely N-dealkylation sites (N-methyl/N-ethyl adjacent to an activating group) is 1. The summed E-state index contributed by atoms with van der Waals surface area (Å²) in [5, 5.41) is 11.0. The summed E-state index contributed by atoms with van der Waals surface area (Å²) in [6, 6.07) is 9.56. The highest BCUT2D eigenvalue weighted by Crippen LogP contribution is 2.32. The van der Waals surface area contributed by atoms with Crippen LogP contribution in [-0.2, 0) is 9.53 Å². The van der Waals surface area contributed by atoms with Gasteiger partial charge in [-0.1, -0.05) is 42.5 Å². The minimum Gasteiger partial charge on any atom is -0.459 e. The fraction of sp³-hybridized carbons (Fsp3) is 0.591. The van der Waals surface area contributed by atoms with Crippen molar-refractivity contribution in [3.63, 3.8) is 0 Å². The molecule has 4 nitrogen and oxygen atoms in total. The predicted octanol–water partition coefficient (Wildman–Crippen LogP) is 3.52. The second-order valence-electron chi connectivity index (χ2n) is 7.57. The number of aliphatic hydroxyl groups is 1. The van der Waals surface area contributed by atoms with Gasteiger partial charge >= 0.3 is 5.97 Å². The number of hydrogen-bond acceptors (Lipinski definition) is 3. The van der Waals surface area contributed by atoms with Crippen molar-refractivity contribution < 1.29 is 19.1 Å². The normalized spacial score (nSPS) is 19.8. The lowest BCUT2D eigenvalue weighted by atomic mass is 9.80. The van der Waals surface area contributed by atoms with Crippen LogP contribution >= 0.6 is 0 Å². The van der Waals surface area contributed by atoms with E-state index in [-0.39, 0.29) is 11.9 Å². The average Bonchev–Trinajstić information content (AvgIpc) is 2.69. The molecule has 144 valence electrons. The molecular formula is C22H34NO3+. The van der Waals surface area contributed by atoms with Crippen LogP contribution in [0.2, 0.25) is 0 Å². The molecule has 0 fully saturated rings. The SMILES string of the molecule is CC[N+](C)(CC)CCOC(=O)[C@H](c1ccccc1)[C@@H](O)[C@H]1CC=CCC1. The first-order chi connectivity index (χ1) is 12.5. The highest BCUT2D eigenvalue weighted by Gasteiger charge is 2.35. The van der Waals surface area contributed by atoms with Gasteiger partial charge in [0, 0.05) is 0 Å². The van der Waals surface area contributed by atoms with Crippen molar-refractivity contribution in [1.82, 2.24) is 0 Å². The van der Waals surface area contributed by atoms with E-state index in [9.17, 15) is 9.90 Å². The number of aliphatic hydroxyl groups excluding tert-OH is 1. The number of carbonyl (C=O) groups excluding carboxylic acids is 1. The van der Waals surface area contributed by atoms with E-state index in [0.717, 1.165) is 48.9 Å². The van der Waals surface area contributed by atoms with Crippen molar-refractivity contribution in [2.45, 2.75) is 45.1 Å². The summed E-state index contributed by atoms with van der Waals surface area (Å²) in [5.41, 5.74) is 0.836. The summed E-state index contributed by atoms with van der Waals surface area (Å²) in [4.78, 5) is 12.9. The van der Waals surface area contributed by atoms with Crippen LogP contribution in [0.3, 0.4) is 0 Å². The van der Waals surface area contributed by atoms with Gasteiger partial charge in [-0.2, -0.15) is 0 Å². The second kappa shape index (κ2) is 9.89. The average molecular weight is 361 g/mol. The third-order valence-corrected chi connectivity index (χ3v) is 5.95. The van der Waals surface area contributed by atoms with E-state index in [0.29, 0.717) is 6.61 Å². The minimum atomic E-state index is -0.715. The number of ether oxygens (including phenoxy) is 1. The summed E-state index contributed by atoms with van der Waals surface area (Å²) in [6.07, 6.45) is 6.23. The second-order valence-corrected chi connectivity index (χ2v) is 7.57. The van der Waals surface area contributed by atoms with E-state index in [2.05, 4.69) is 33.0 Å². The van der Waals surface area contributed by atoms with Crippen molar-refractivity contribution >= 4 is 5.97 Å². The smallest absolute Gasteiger partial charge is 0.316 e. The van der Waals surface area contributed by atoms with Gasteiger partial charge in [0.15, 0.2) is 0 Å². The van der Waals surface area contributed by atoms with Crippen molar-refractivity contribution in [1.29, 1.82) is 0 Å². The third-order valence-electron chi connectivity index (χ3n) is 5.95. The Morgan fingerprint density at radius 1 is 1.23 bits per heavy atom. The zero-order valence-electron chi connectivity index (χ0n) is 16.4. The van der Waals surface area contributed by atoms with Gasteiger partial charge in [0.05, 0.1) is 26.2 Å². The van der Waals surface area contributed by atoms with Crippen molar-refractivity contribution in [3.8, 4) is 0 Å². The molecule has 4 heteroatoms. The Labute approximate surface area is 158 Å². The Balaban J connectivity index is 2.08. The molecule has 0 unspecified atom stereocenters. The molecule has 1 aliphatic rings. The number of esters is 1. The zero-order valence-corrected chi connectivity index (χ0v) is 16.4. The first-order valence-electron chi connectivity index (χ1n) is 9.89. The number of rotatable bonds is 9. The Hall–Kier alpha value is -1.65. The lowest BCUT2D eigenvalue weighted by Gasteiger charge is -2.33. The Morgan fingerprint density at radius 3 is 2.50 bits per heavy atom. The molecule has 0 radical (unpaired) electrons. The fourth-order valence-electron chi connectivity index (χ4n) is 3.53. The fourth-order valence-corrected chi connectivity index (χ4v) is 3.53. The Kier molecular flexibility index (Phi) is 7.85. The van der Waals surface area contributed by atoms with Gasteiger partial charge in [-0.05, 0) is 44.6 Å². The van der Waals surface area contributed by atoms with Crippen LogP contribution < -0.4 is 0 Å². The number of allylic oxidation sites excluding steroid dienone is 2. The topological polar surface area (TPSA) is 46.5 Å². The van der Waals surface area contributed by atoms with Crippen LogP contribution in [0.4, 0.5) is 0 Å². The minimum absolute atomic E-state index is 0.102. The maximum atomic E-state index is 12.9. The van der Waals surface area contributed by atoms with Crippen LogP contribution in [0.5, 0.6) is 0 Å². The first-order valence-corrected chi connectivity index (χ1v) is 9.89. The molecule has 1 aromatic carbocycles. The van der Waals surface area contributed by atoms with Gasteiger partial charge in [-0.3, -0.25) is 4.79 Å². The maximum absolute atomic E-state index is 12.9. The van der Waals surface area contributed by atoms with E-state index < -0.39 is 12.0 Å². The van der Waals surface area contributed by atoms with E-state index in [1.807, 2.05) is 30.3 Å². The molecule has 0 aromatic heterocycles. The van der Waals surface area contributed by atoms with Crippen LogP contribution in [0.15, 0.2) is 42.5 Å². The summed E-state index contributed by atoms with van der Waals surface area (Å²) in [6.45, 7) is 7.50. The monoisotopic (exact) mass is 360 g/mol. The van der Waals surface area contributed by atoms with Gasteiger partial charge in [0.1, 0.15) is 19.1 Å². The van der Waals surface area contributed by atoms with Crippen molar-refractivity contribution in [2.75, 3.05) is 33.3 Å². The quantitative estimate of drug-likeness (QED) is 0.416. The molecule has 26 heavy (non-hydrogen) atoms. The van der Waals surface area contributed by atoms with Crippen LogP contribution in [-0.4, -0.2) is 55.0 Å². The van der Waals surface area contributed by atoms with Crippen LogP contribution in [0.1, 0.15) is 44.6 Å².